The van der Waals surface area contributed by atoms with E-state index in [4.69, 9.17) is 27.9 Å². The highest BCUT2D eigenvalue weighted by atomic mass is 79.9. The molecule has 4 heteroatoms. The third kappa shape index (κ3) is 3.77. The Morgan fingerprint density at radius 3 is 2.29 bits per heavy atom. The van der Waals surface area contributed by atoms with Crippen molar-refractivity contribution in [3.63, 3.8) is 0 Å². The molecule has 1 unspecified atom stereocenters. The highest BCUT2D eigenvalue weighted by molar-refractivity contribution is 9.09. The highest BCUT2D eigenvalue weighted by Crippen LogP contribution is 2.45. The lowest BCUT2D eigenvalue weighted by molar-refractivity contribution is 0.340. The minimum atomic E-state index is 0.0695. The van der Waals surface area contributed by atoms with Gasteiger partial charge >= 0.3 is 0 Å². The molecule has 0 radical (unpaired) electrons. The zero-order chi connectivity index (χ0) is 13.2. The summed E-state index contributed by atoms with van der Waals surface area (Å²) >= 11 is 16.1. The molecule has 1 aromatic carbocycles. The van der Waals surface area contributed by atoms with Gasteiger partial charge in [0.25, 0.3) is 0 Å². The maximum atomic E-state index is 6.27. The molecule has 0 aromatic heterocycles. The minimum absolute atomic E-state index is 0.0695. The van der Waals surface area contributed by atoms with Crippen LogP contribution in [0.3, 0.4) is 0 Å². The van der Waals surface area contributed by atoms with E-state index < -0.39 is 0 Å². The van der Waals surface area contributed by atoms with E-state index in [1.54, 1.807) is 6.07 Å². The monoisotopic (exact) mass is 338 g/mol. The Morgan fingerprint density at radius 2 is 1.82 bits per heavy atom. The summed E-state index contributed by atoms with van der Waals surface area (Å²) in [4.78, 5) is 0.149. The molecular weight excluding hydrogens is 323 g/mol. The van der Waals surface area contributed by atoms with Crippen molar-refractivity contribution in [2.45, 2.75) is 32.5 Å². The standard InChI is InChI=1S/C13H17BrCl2O/c1-5-17-11-7-9(15)8(6-10(11)16)12(14)13(2,3)4/h6-7,12H,5H2,1-4H3. The summed E-state index contributed by atoms with van der Waals surface area (Å²) in [6, 6.07) is 3.66. The van der Waals surface area contributed by atoms with E-state index >= 15 is 0 Å². The van der Waals surface area contributed by atoms with E-state index in [0.717, 1.165) is 5.56 Å². The number of ether oxygens (including phenoxy) is 1. The zero-order valence-electron chi connectivity index (χ0n) is 10.5. The van der Waals surface area contributed by atoms with Gasteiger partial charge in [0.1, 0.15) is 5.75 Å². The first-order valence-electron chi connectivity index (χ1n) is 5.53. The summed E-state index contributed by atoms with van der Waals surface area (Å²) in [6.45, 7) is 8.93. The van der Waals surface area contributed by atoms with Gasteiger partial charge in [-0.1, -0.05) is 59.9 Å². The molecule has 0 bridgehead atoms. The molecule has 0 fully saturated rings. The van der Waals surface area contributed by atoms with Gasteiger partial charge in [0.15, 0.2) is 0 Å². The molecule has 1 atom stereocenters. The van der Waals surface area contributed by atoms with Crippen molar-refractivity contribution in [2.24, 2.45) is 5.41 Å². The van der Waals surface area contributed by atoms with Crippen LogP contribution in [0, 0.1) is 5.41 Å². The van der Waals surface area contributed by atoms with Crippen LogP contribution in [-0.2, 0) is 0 Å². The molecule has 1 nitrogen and oxygen atoms in total. The van der Waals surface area contributed by atoms with Gasteiger partial charge in [-0.3, -0.25) is 0 Å². The number of benzene rings is 1. The zero-order valence-corrected chi connectivity index (χ0v) is 13.6. The molecule has 0 aliphatic rings. The predicted octanol–water partition coefficient (Wildman–Crippen LogP) is 5.87. The second kappa shape index (κ2) is 5.81. The van der Waals surface area contributed by atoms with E-state index in [1.165, 1.54) is 0 Å². The normalized spacial score (nSPS) is 13.6. The molecule has 0 spiro atoms. The molecule has 17 heavy (non-hydrogen) atoms. The predicted molar refractivity (Wildman–Crippen MR) is 78.8 cm³/mol. The summed E-state index contributed by atoms with van der Waals surface area (Å²) in [6.07, 6.45) is 0. The first kappa shape index (κ1) is 15.1. The van der Waals surface area contributed by atoms with Crippen molar-refractivity contribution in [3.8, 4) is 5.75 Å². The van der Waals surface area contributed by atoms with Crippen LogP contribution < -0.4 is 4.74 Å². The van der Waals surface area contributed by atoms with Gasteiger partial charge in [0.05, 0.1) is 11.6 Å². The summed E-state index contributed by atoms with van der Waals surface area (Å²) in [5.74, 6) is 0.636. The molecule has 0 saturated carbocycles. The molecule has 0 amide bonds. The second-order valence-electron chi connectivity index (χ2n) is 4.97. The summed E-state index contributed by atoms with van der Waals surface area (Å²) in [7, 11) is 0. The molecule has 0 aliphatic carbocycles. The lowest BCUT2D eigenvalue weighted by Crippen LogP contribution is -2.13. The number of hydrogen-bond acceptors (Lipinski definition) is 1. The van der Waals surface area contributed by atoms with Crippen molar-refractivity contribution < 1.29 is 4.74 Å². The van der Waals surface area contributed by atoms with Crippen LogP contribution in [0.15, 0.2) is 12.1 Å². The summed E-state index contributed by atoms with van der Waals surface area (Å²) in [5, 5.41) is 1.27. The van der Waals surface area contributed by atoms with Gasteiger partial charge in [0.2, 0.25) is 0 Å². The van der Waals surface area contributed by atoms with Crippen LogP contribution in [0.2, 0.25) is 10.0 Å². The molecular formula is C13H17BrCl2O. The summed E-state index contributed by atoms with van der Waals surface area (Å²) in [5.41, 5.74) is 1.06. The number of halogens is 3. The second-order valence-corrected chi connectivity index (χ2v) is 6.70. The molecule has 96 valence electrons. The Labute approximate surface area is 122 Å². The van der Waals surface area contributed by atoms with E-state index in [0.29, 0.717) is 22.4 Å². The minimum Gasteiger partial charge on any atom is -0.492 e. The Kier molecular flexibility index (Phi) is 5.18. The van der Waals surface area contributed by atoms with Crippen molar-refractivity contribution >= 4 is 39.1 Å². The average molecular weight is 340 g/mol. The average Bonchev–Trinajstić information content (AvgIpc) is 2.21. The SMILES string of the molecule is CCOc1cc(Cl)c(C(Br)C(C)(C)C)cc1Cl. The lowest BCUT2D eigenvalue weighted by atomic mass is 9.88. The Hall–Kier alpha value is 0.0800. The van der Waals surface area contributed by atoms with Crippen molar-refractivity contribution in [1.82, 2.24) is 0 Å². The topological polar surface area (TPSA) is 9.23 Å². The van der Waals surface area contributed by atoms with Crippen LogP contribution in [0.1, 0.15) is 38.1 Å². The largest absolute Gasteiger partial charge is 0.492 e. The maximum absolute atomic E-state index is 6.27. The third-order valence-electron chi connectivity index (χ3n) is 2.38. The molecule has 0 saturated heterocycles. The van der Waals surface area contributed by atoms with Gasteiger partial charge < -0.3 is 4.74 Å². The fourth-order valence-corrected chi connectivity index (χ4v) is 2.47. The number of alkyl halides is 1. The summed E-state index contributed by atoms with van der Waals surface area (Å²) < 4.78 is 5.41. The Morgan fingerprint density at radius 1 is 1.24 bits per heavy atom. The smallest absolute Gasteiger partial charge is 0.139 e. The highest BCUT2D eigenvalue weighted by Gasteiger charge is 2.26. The first-order chi connectivity index (χ1) is 7.77. The van der Waals surface area contributed by atoms with Crippen LogP contribution >= 0.6 is 39.1 Å². The van der Waals surface area contributed by atoms with Gasteiger partial charge in [-0.05, 0) is 24.0 Å². The molecule has 0 N–H and O–H groups in total. The number of hydrogen-bond donors (Lipinski definition) is 0. The lowest BCUT2D eigenvalue weighted by Gasteiger charge is -2.27. The van der Waals surface area contributed by atoms with Crippen LogP contribution in [-0.4, -0.2) is 6.61 Å². The molecule has 1 aromatic rings. The quantitative estimate of drug-likeness (QED) is 0.625. The van der Waals surface area contributed by atoms with Gasteiger partial charge in [-0.25, -0.2) is 0 Å². The van der Waals surface area contributed by atoms with E-state index in [1.807, 2.05) is 13.0 Å². The fourth-order valence-electron chi connectivity index (χ4n) is 1.47. The molecule has 1 rings (SSSR count). The first-order valence-corrected chi connectivity index (χ1v) is 7.20. The van der Waals surface area contributed by atoms with E-state index in [-0.39, 0.29) is 10.2 Å². The fraction of sp³-hybridized carbons (Fsp3) is 0.538. The van der Waals surface area contributed by atoms with Crippen LogP contribution in [0.25, 0.3) is 0 Å². The number of rotatable bonds is 3. The maximum Gasteiger partial charge on any atom is 0.139 e. The van der Waals surface area contributed by atoms with Gasteiger partial charge in [0, 0.05) is 15.9 Å². The van der Waals surface area contributed by atoms with Gasteiger partial charge in [-0.15, -0.1) is 0 Å². The molecule has 0 heterocycles. The Bertz CT molecular complexity index is 399. The third-order valence-corrected chi connectivity index (χ3v) is 4.87. The van der Waals surface area contributed by atoms with E-state index in [2.05, 4.69) is 36.7 Å². The van der Waals surface area contributed by atoms with Gasteiger partial charge in [-0.2, -0.15) is 0 Å². The van der Waals surface area contributed by atoms with E-state index in [9.17, 15) is 0 Å². The van der Waals surface area contributed by atoms with Crippen molar-refractivity contribution in [3.05, 3.63) is 27.7 Å². The Balaban J connectivity index is 3.15. The molecule has 0 aliphatic heterocycles. The van der Waals surface area contributed by atoms with Crippen LogP contribution in [0.4, 0.5) is 0 Å². The van der Waals surface area contributed by atoms with Crippen LogP contribution in [0.5, 0.6) is 5.75 Å². The van der Waals surface area contributed by atoms with Crippen molar-refractivity contribution in [1.29, 1.82) is 0 Å². The van der Waals surface area contributed by atoms with Crippen molar-refractivity contribution in [2.75, 3.05) is 6.61 Å².